The quantitative estimate of drug-likeness (QED) is 0.508. The monoisotopic (exact) mass is 182 g/mol. The minimum atomic E-state index is -1.63. The summed E-state index contributed by atoms with van der Waals surface area (Å²) in [7, 11) is -1.63. The number of hydrogen-bond donors (Lipinski definition) is 3. The zero-order chi connectivity index (χ0) is 9.84. The molecule has 0 aliphatic carbocycles. The van der Waals surface area contributed by atoms with Gasteiger partial charge in [0.1, 0.15) is 5.75 Å². The van der Waals surface area contributed by atoms with E-state index in [9.17, 15) is 0 Å². The fourth-order valence-electron chi connectivity index (χ4n) is 1.01. The van der Waals surface area contributed by atoms with Gasteiger partial charge in [-0.2, -0.15) is 0 Å². The molecule has 0 atom stereocenters. The van der Waals surface area contributed by atoms with Crippen LogP contribution in [-0.4, -0.2) is 28.8 Å². The maximum absolute atomic E-state index is 8.98. The van der Waals surface area contributed by atoms with E-state index >= 15 is 0 Å². The molecule has 0 amide bonds. The number of aromatic nitrogens is 1. The molecule has 70 valence electrons. The highest BCUT2D eigenvalue weighted by Gasteiger charge is 2.20. The van der Waals surface area contributed by atoms with E-state index in [4.69, 9.17) is 20.5 Å². The largest absolute Gasteiger partial charge is 0.494 e. The number of rotatable bonds is 3. The van der Waals surface area contributed by atoms with E-state index in [-0.39, 0.29) is 11.2 Å². The lowest BCUT2D eigenvalue weighted by molar-refractivity contribution is 0.339. The van der Waals surface area contributed by atoms with Crippen LogP contribution in [-0.2, 0) is 0 Å². The molecule has 0 saturated carbocycles. The second kappa shape index (κ2) is 4.11. The number of nitrogens with two attached hydrogens (primary N) is 1. The molecule has 1 aromatic heterocycles. The van der Waals surface area contributed by atoms with Gasteiger partial charge in [0.25, 0.3) is 0 Å². The molecule has 1 aromatic rings. The normalized spacial score (nSPS) is 9.77. The van der Waals surface area contributed by atoms with Gasteiger partial charge in [0, 0.05) is 6.20 Å². The van der Waals surface area contributed by atoms with Gasteiger partial charge in [0.2, 0.25) is 0 Å². The van der Waals surface area contributed by atoms with Crippen molar-refractivity contribution in [1.29, 1.82) is 0 Å². The second-order valence-electron chi connectivity index (χ2n) is 2.45. The third-order valence-corrected chi connectivity index (χ3v) is 1.54. The molecule has 5 nitrogen and oxygen atoms in total. The topological polar surface area (TPSA) is 88.6 Å². The molecule has 0 unspecified atom stereocenters. The lowest BCUT2D eigenvalue weighted by atomic mass is 9.79. The molecule has 0 aromatic carbocycles. The molecule has 4 N–H and O–H groups in total. The summed E-state index contributed by atoms with van der Waals surface area (Å²) in [6.07, 6.45) is 2.74. The van der Waals surface area contributed by atoms with Crippen LogP contribution in [0.2, 0.25) is 0 Å². The lowest BCUT2D eigenvalue weighted by Crippen LogP contribution is -2.34. The van der Waals surface area contributed by atoms with Crippen LogP contribution >= 0.6 is 0 Å². The van der Waals surface area contributed by atoms with Crippen molar-refractivity contribution < 1.29 is 14.8 Å². The van der Waals surface area contributed by atoms with Crippen LogP contribution in [0.25, 0.3) is 0 Å². The molecular weight excluding hydrogens is 171 g/mol. The van der Waals surface area contributed by atoms with E-state index in [0.29, 0.717) is 12.4 Å². The van der Waals surface area contributed by atoms with Crippen LogP contribution in [0, 0.1) is 0 Å². The van der Waals surface area contributed by atoms with Crippen LogP contribution in [0.15, 0.2) is 12.4 Å². The van der Waals surface area contributed by atoms with E-state index in [0.717, 1.165) is 0 Å². The smallest absolute Gasteiger partial charge is 0.493 e. The zero-order valence-electron chi connectivity index (χ0n) is 7.27. The molecule has 6 heteroatoms. The first kappa shape index (κ1) is 9.82. The highest BCUT2D eigenvalue weighted by molar-refractivity contribution is 6.61. The SMILES string of the molecule is CCOc1cncc(N)c1B(O)O. The van der Waals surface area contributed by atoms with Gasteiger partial charge in [-0.1, -0.05) is 0 Å². The molecule has 0 aliphatic heterocycles. The number of ether oxygens (including phenoxy) is 1. The summed E-state index contributed by atoms with van der Waals surface area (Å²) in [6.45, 7) is 2.21. The molecule has 1 rings (SSSR count). The van der Waals surface area contributed by atoms with E-state index in [2.05, 4.69) is 4.98 Å². The zero-order valence-corrected chi connectivity index (χ0v) is 7.27. The summed E-state index contributed by atoms with van der Waals surface area (Å²) < 4.78 is 5.12. The van der Waals surface area contributed by atoms with Crippen molar-refractivity contribution in [2.45, 2.75) is 6.92 Å². The Bertz CT molecular complexity index is 293. The van der Waals surface area contributed by atoms with Gasteiger partial charge in [-0.05, 0) is 6.92 Å². The molecule has 0 aliphatic rings. The molecule has 1 heterocycles. The first-order chi connectivity index (χ1) is 6.16. The summed E-state index contributed by atoms with van der Waals surface area (Å²) >= 11 is 0. The summed E-state index contributed by atoms with van der Waals surface area (Å²) in [5, 5.41) is 18.0. The number of anilines is 1. The van der Waals surface area contributed by atoms with Gasteiger partial charge in [0.15, 0.2) is 0 Å². The minimum Gasteiger partial charge on any atom is -0.493 e. The first-order valence-electron chi connectivity index (χ1n) is 3.89. The predicted octanol–water partition coefficient (Wildman–Crippen LogP) is -1.26. The molecule has 0 radical (unpaired) electrons. The number of hydrogen-bond acceptors (Lipinski definition) is 5. The van der Waals surface area contributed by atoms with Crippen molar-refractivity contribution in [2.75, 3.05) is 12.3 Å². The van der Waals surface area contributed by atoms with Crippen molar-refractivity contribution in [3.63, 3.8) is 0 Å². The molecule has 0 saturated heterocycles. The summed E-state index contributed by atoms with van der Waals surface area (Å²) in [5.74, 6) is 0.303. The molecular formula is C7H11BN2O3. The van der Waals surface area contributed by atoms with Crippen LogP contribution < -0.4 is 15.9 Å². The van der Waals surface area contributed by atoms with Gasteiger partial charge in [-0.15, -0.1) is 0 Å². The van der Waals surface area contributed by atoms with Crippen molar-refractivity contribution in [3.05, 3.63) is 12.4 Å². The van der Waals surface area contributed by atoms with E-state index in [1.54, 1.807) is 6.92 Å². The van der Waals surface area contributed by atoms with Crippen molar-refractivity contribution in [1.82, 2.24) is 4.98 Å². The van der Waals surface area contributed by atoms with E-state index < -0.39 is 7.12 Å². The average molecular weight is 182 g/mol. The van der Waals surface area contributed by atoms with Crippen molar-refractivity contribution in [2.24, 2.45) is 0 Å². The van der Waals surface area contributed by atoms with Gasteiger partial charge >= 0.3 is 7.12 Å². The third kappa shape index (κ3) is 2.10. The fourth-order valence-corrected chi connectivity index (χ4v) is 1.01. The minimum absolute atomic E-state index is 0.164. The van der Waals surface area contributed by atoms with Crippen molar-refractivity contribution >= 4 is 18.3 Å². The van der Waals surface area contributed by atoms with Crippen molar-refractivity contribution in [3.8, 4) is 5.75 Å². The molecule has 13 heavy (non-hydrogen) atoms. The Kier molecular flexibility index (Phi) is 3.10. The summed E-state index contributed by atoms with van der Waals surface area (Å²) in [5.41, 5.74) is 5.86. The van der Waals surface area contributed by atoms with Crippen LogP contribution in [0.5, 0.6) is 5.75 Å². The fraction of sp³-hybridized carbons (Fsp3) is 0.286. The Hall–Kier alpha value is -1.27. The van der Waals surface area contributed by atoms with Gasteiger partial charge < -0.3 is 20.5 Å². The highest BCUT2D eigenvalue weighted by Crippen LogP contribution is 2.09. The van der Waals surface area contributed by atoms with Crippen LogP contribution in [0.1, 0.15) is 6.92 Å². The number of nitrogens with zero attached hydrogens (tertiary/aromatic N) is 1. The number of nitrogen functional groups attached to an aromatic ring is 1. The van der Waals surface area contributed by atoms with Crippen LogP contribution in [0.3, 0.4) is 0 Å². The molecule has 0 spiro atoms. The summed E-state index contributed by atoms with van der Waals surface area (Å²) in [4.78, 5) is 3.77. The standard InChI is InChI=1S/C7H11BN2O3/c1-2-13-6-4-10-3-5(9)7(6)8(11)12/h3-4,11-12H,2,9H2,1H3. The van der Waals surface area contributed by atoms with Gasteiger partial charge in [-0.3, -0.25) is 4.98 Å². The molecule has 0 bridgehead atoms. The maximum atomic E-state index is 8.98. The second-order valence-corrected chi connectivity index (χ2v) is 2.45. The Labute approximate surface area is 76.3 Å². The van der Waals surface area contributed by atoms with E-state index in [1.165, 1.54) is 12.4 Å². The third-order valence-electron chi connectivity index (χ3n) is 1.54. The van der Waals surface area contributed by atoms with E-state index in [1.807, 2.05) is 0 Å². The Balaban J connectivity index is 3.10. The average Bonchev–Trinajstić information content (AvgIpc) is 2.04. The Morgan fingerprint density at radius 3 is 2.77 bits per heavy atom. The highest BCUT2D eigenvalue weighted by atomic mass is 16.5. The summed E-state index contributed by atoms with van der Waals surface area (Å²) in [6, 6.07) is 0. The first-order valence-corrected chi connectivity index (χ1v) is 3.89. The van der Waals surface area contributed by atoms with Gasteiger partial charge in [0.05, 0.1) is 24.0 Å². The van der Waals surface area contributed by atoms with Gasteiger partial charge in [-0.25, -0.2) is 0 Å². The maximum Gasteiger partial charge on any atom is 0.494 e. The number of pyridine rings is 1. The molecule has 0 fully saturated rings. The predicted molar refractivity (Wildman–Crippen MR) is 49.6 cm³/mol. The Morgan fingerprint density at radius 1 is 1.54 bits per heavy atom. The Morgan fingerprint density at radius 2 is 2.23 bits per heavy atom. The lowest BCUT2D eigenvalue weighted by Gasteiger charge is -2.10. The van der Waals surface area contributed by atoms with Crippen LogP contribution in [0.4, 0.5) is 5.69 Å².